The normalized spacial score (nSPS) is 17.6. The quantitative estimate of drug-likeness (QED) is 0.0322. The number of aromatic nitrogens is 14. The van der Waals surface area contributed by atoms with E-state index in [4.69, 9.17) is 54.1 Å². The van der Waals surface area contributed by atoms with E-state index in [-0.39, 0.29) is 70.8 Å². The maximum Gasteiger partial charge on any atom is 0.416 e. The molecule has 0 saturated heterocycles. The maximum atomic E-state index is 12.8. The molecule has 10 aromatic heterocycles. The molecular formula is C115H153N15O12. The molecule has 1 aliphatic heterocycles. The minimum absolute atomic E-state index is 0. The van der Waals surface area contributed by atoms with Crippen LogP contribution in [0.1, 0.15) is 294 Å². The number of fused-ring (bicyclic) bond motifs is 8. The average molecular weight is 1940 g/mol. The van der Waals surface area contributed by atoms with Crippen LogP contribution in [0.25, 0.3) is 21.8 Å². The molecule has 2 aromatic carbocycles. The minimum Gasteiger partial charge on any atom is -0.493 e. The first kappa shape index (κ1) is 109. The predicted molar refractivity (Wildman–Crippen MR) is 556 cm³/mol. The van der Waals surface area contributed by atoms with Gasteiger partial charge in [0.1, 0.15) is 45.8 Å². The highest BCUT2D eigenvalue weighted by atomic mass is 16.6. The molecule has 8 atom stereocenters. The zero-order valence-corrected chi connectivity index (χ0v) is 86.2. The summed E-state index contributed by atoms with van der Waals surface area (Å²) in [6.45, 7) is 35.6. The van der Waals surface area contributed by atoms with E-state index in [1.165, 1.54) is 108 Å². The first-order chi connectivity index (χ1) is 67.5. The number of esters is 2. The number of hydrogen-bond donors (Lipinski definition) is 4. The zero-order chi connectivity index (χ0) is 101. The molecular weight excluding hydrogens is 1780 g/mol. The van der Waals surface area contributed by atoms with Crippen molar-refractivity contribution in [1.29, 1.82) is 0 Å². The number of nitrogens with zero attached hydrogens (tertiary/aromatic N) is 15. The number of carbonyl (C=O) groups excluding carboxylic acids is 3. The van der Waals surface area contributed by atoms with Gasteiger partial charge in [-0.15, -0.1) is 0 Å². The van der Waals surface area contributed by atoms with E-state index in [1.54, 1.807) is 42.1 Å². The van der Waals surface area contributed by atoms with Gasteiger partial charge in [0.25, 0.3) is 0 Å². The molecule has 6 aliphatic rings. The summed E-state index contributed by atoms with van der Waals surface area (Å²) in [5.41, 5.74) is 22.1. The minimum atomic E-state index is -0.573. The smallest absolute Gasteiger partial charge is 0.416 e. The molecule has 0 fully saturated rings. The molecule has 0 bridgehead atoms. The van der Waals surface area contributed by atoms with E-state index in [2.05, 4.69) is 127 Å². The van der Waals surface area contributed by atoms with Crippen LogP contribution in [-0.4, -0.2) is 170 Å². The summed E-state index contributed by atoms with van der Waals surface area (Å²) in [4.78, 5) is 85.2. The number of rotatable bonds is 24. The van der Waals surface area contributed by atoms with E-state index in [9.17, 15) is 14.4 Å². The van der Waals surface area contributed by atoms with Crippen molar-refractivity contribution < 1.29 is 58.5 Å². The van der Waals surface area contributed by atoms with Gasteiger partial charge < -0.3 is 44.1 Å². The number of anilines is 1. The molecule has 0 spiro atoms. The summed E-state index contributed by atoms with van der Waals surface area (Å²) in [6.07, 6.45) is 33.9. The lowest BCUT2D eigenvalue weighted by atomic mass is 9.88. The van der Waals surface area contributed by atoms with Gasteiger partial charge in [-0.3, -0.25) is 48.8 Å². The summed E-state index contributed by atoms with van der Waals surface area (Å²) in [5, 5.41) is 46.7. The number of aliphatic hydroxyl groups excluding tert-OH is 4. The van der Waals surface area contributed by atoms with Gasteiger partial charge in [0.15, 0.2) is 0 Å². The van der Waals surface area contributed by atoms with Crippen molar-refractivity contribution in [3.63, 3.8) is 0 Å². The molecule has 5 aliphatic carbocycles. The number of amides is 1. The van der Waals surface area contributed by atoms with Crippen LogP contribution in [0.4, 0.5) is 10.6 Å². The Morgan fingerprint density at radius 3 is 0.958 bits per heavy atom. The van der Waals surface area contributed by atoms with Crippen LogP contribution in [0.15, 0.2) is 146 Å². The fourth-order valence-electron chi connectivity index (χ4n) is 18.8. The molecule has 27 nitrogen and oxygen atoms in total. The Hall–Kier alpha value is -11.9. The molecule has 11 heterocycles. The third-order valence-corrected chi connectivity index (χ3v) is 26.4. The topological polar surface area (TPSA) is 346 Å². The molecule has 0 radical (unpaired) electrons. The van der Waals surface area contributed by atoms with Gasteiger partial charge in [-0.25, -0.2) is 29.7 Å². The number of aliphatic hydroxyl groups is 4. The van der Waals surface area contributed by atoms with Crippen LogP contribution in [-0.2, 0) is 133 Å². The molecule has 1 amide bonds. The van der Waals surface area contributed by atoms with Crippen molar-refractivity contribution in [3.8, 4) is 11.5 Å². The summed E-state index contributed by atoms with van der Waals surface area (Å²) >= 11 is 0. The lowest BCUT2D eigenvalue weighted by Gasteiger charge is -2.35. The van der Waals surface area contributed by atoms with E-state index in [0.29, 0.717) is 68.2 Å². The fraction of sp³-hybridized carbons (Fsp3) is 0.522. The van der Waals surface area contributed by atoms with Crippen LogP contribution >= 0.6 is 0 Å². The summed E-state index contributed by atoms with van der Waals surface area (Å²) in [6, 6.07) is 36.4. The van der Waals surface area contributed by atoms with Gasteiger partial charge in [-0.05, 0) is 328 Å². The number of hydrogen-bond acceptors (Lipinski definition) is 24. The van der Waals surface area contributed by atoms with Crippen molar-refractivity contribution in [1.82, 2.24) is 69.4 Å². The lowest BCUT2D eigenvalue weighted by Crippen LogP contribution is -2.45. The van der Waals surface area contributed by atoms with Crippen LogP contribution < -0.4 is 14.4 Å². The SMILES string of the molecule is C.CC1CCc2ccc(CCO)nc2C1.CC1CCc2ccc(CCO)nc2C1.CC1CCc2ccc(CCO)nc2C1.CC1CCc2ccc(CCO)nc2N1C(=O)OC(C)(C)C.Cc1ncc(C(CC(=O)OC(C)(C)C)n2ncc3cc(OCCc4ccc5c(n4)CC(C)CC5)ccc32)cn1.Cc1ncc(C(CC(=O)OC(C)(C)C)n2ncc3cc(OCCc4ccc5c(n4)CC(C)CC5)ccc32)cn1. The number of benzene rings is 2. The van der Waals surface area contributed by atoms with E-state index < -0.39 is 28.9 Å². The van der Waals surface area contributed by atoms with Crippen LogP contribution in [0.5, 0.6) is 11.5 Å². The third kappa shape index (κ3) is 31.8. The molecule has 12 aromatic rings. The molecule has 760 valence electrons. The summed E-state index contributed by atoms with van der Waals surface area (Å²) in [5.74, 6) is 6.64. The van der Waals surface area contributed by atoms with Crippen molar-refractivity contribution in [2.45, 2.75) is 321 Å². The Bertz CT molecular complexity index is 5760. The molecule has 142 heavy (non-hydrogen) atoms. The van der Waals surface area contributed by atoms with E-state index in [0.717, 1.165) is 173 Å². The van der Waals surface area contributed by atoms with E-state index >= 15 is 0 Å². The number of aryl methyl sites for hydroxylation is 8. The first-order valence-electron chi connectivity index (χ1n) is 51.0. The van der Waals surface area contributed by atoms with Gasteiger partial charge in [0, 0.05) is 180 Å². The van der Waals surface area contributed by atoms with Crippen LogP contribution in [0, 0.1) is 43.4 Å². The Kier molecular flexibility index (Phi) is 39.0. The van der Waals surface area contributed by atoms with Gasteiger partial charge >= 0.3 is 18.0 Å². The molecule has 18 rings (SSSR count). The van der Waals surface area contributed by atoms with Crippen molar-refractivity contribution in [3.05, 3.63) is 265 Å². The second-order valence-corrected chi connectivity index (χ2v) is 42.3. The maximum absolute atomic E-state index is 12.8. The Morgan fingerprint density at radius 2 is 0.655 bits per heavy atom. The number of carbonyl (C=O) groups is 3. The second-order valence-electron chi connectivity index (χ2n) is 42.3. The fourth-order valence-corrected chi connectivity index (χ4v) is 18.8. The highest BCUT2D eigenvalue weighted by molar-refractivity contribution is 5.89. The second kappa shape index (κ2) is 50.8. The molecule has 27 heteroatoms. The zero-order valence-electron chi connectivity index (χ0n) is 86.2. The standard InChI is InChI=1S/2C31H37N5O3.C16H24N2O3.3C12H17NO.CH4/c2*1-20-6-7-22-8-9-25(35-27(22)14-20)12-13-38-26-10-11-28-23(15-26)19-34-36(28)29(16-30(37)39-31(3,4)5)24-17-32-21(2)33-18-24;1-11-5-6-12-7-8-13(9-10-19)17-14(12)18(11)15(20)21-16(2,3)4;3*1-9-2-3-10-4-5-11(6-7-14)13-12(10)8-9;/h2*8-11,15,17-20,29H,6-7,12-14,16H2,1-5H3;7-8,11,19H,5-6,9-10H2,1-4H3;3*4-5,9,14H,2-3,6-8H2,1H3;1H4. The highest BCUT2D eigenvalue weighted by Gasteiger charge is 2.35. The molecule has 8 unspecified atom stereocenters. The monoisotopic (exact) mass is 1940 g/mol. The van der Waals surface area contributed by atoms with Gasteiger partial charge in [0.2, 0.25) is 0 Å². The van der Waals surface area contributed by atoms with Crippen molar-refractivity contribution in [2.75, 3.05) is 44.5 Å². The summed E-state index contributed by atoms with van der Waals surface area (Å²) < 4.78 is 32.6. The average Bonchev–Trinajstić information content (AvgIpc) is 1.60. The predicted octanol–water partition coefficient (Wildman–Crippen LogP) is 19.7. The van der Waals surface area contributed by atoms with Crippen LogP contribution in [0.2, 0.25) is 0 Å². The van der Waals surface area contributed by atoms with Crippen LogP contribution in [0.3, 0.4) is 0 Å². The lowest BCUT2D eigenvalue weighted by molar-refractivity contribution is -0.156. The molecule has 0 saturated carbocycles. The van der Waals surface area contributed by atoms with Gasteiger partial charge in [-0.2, -0.15) is 10.2 Å². The number of pyridine rings is 6. The van der Waals surface area contributed by atoms with E-state index in [1.807, 2.05) is 159 Å². The Morgan fingerprint density at radius 1 is 0.366 bits per heavy atom. The third-order valence-electron chi connectivity index (χ3n) is 26.4. The Labute approximate surface area is 840 Å². The van der Waals surface area contributed by atoms with Gasteiger partial charge in [0.05, 0.1) is 61.6 Å². The molecule has 4 N–H and O–H groups in total. The van der Waals surface area contributed by atoms with Gasteiger partial charge in [-0.1, -0.05) is 78.4 Å². The number of ether oxygens (including phenoxy) is 5. The van der Waals surface area contributed by atoms with Crippen molar-refractivity contribution in [2.24, 2.45) is 29.6 Å². The first-order valence-corrected chi connectivity index (χ1v) is 51.0. The highest BCUT2D eigenvalue weighted by Crippen LogP contribution is 2.37. The summed E-state index contributed by atoms with van der Waals surface area (Å²) in [7, 11) is 0. The Balaban J connectivity index is 0.000000161. The van der Waals surface area contributed by atoms with Crippen molar-refractivity contribution >= 4 is 45.7 Å². The largest absolute Gasteiger partial charge is 0.493 e.